The van der Waals surface area contributed by atoms with Gasteiger partial charge in [-0.25, -0.2) is 9.97 Å². The van der Waals surface area contributed by atoms with Crippen LogP contribution in [0.4, 0.5) is 5.82 Å². The van der Waals surface area contributed by atoms with Gasteiger partial charge in [-0.1, -0.05) is 13.3 Å². The second-order valence-electron chi connectivity index (χ2n) is 3.96. The summed E-state index contributed by atoms with van der Waals surface area (Å²) in [5.74, 6) is 1.44. The first-order valence-electron chi connectivity index (χ1n) is 6.33. The summed E-state index contributed by atoms with van der Waals surface area (Å²) in [5, 5.41) is 4.24. The van der Waals surface area contributed by atoms with E-state index in [2.05, 4.69) is 27.2 Å². The van der Waals surface area contributed by atoms with Gasteiger partial charge < -0.3 is 10.1 Å². The molecule has 5 nitrogen and oxygen atoms in total. The first-order valence-corrected chi connectivity index (χ1v) is 6.33. The Labute approximate surface area is 107 Å². The third kappa shape index (κ3) is 2.85. The van der Waals surface area contributed by atoms with Crippen molar-refractivity contribution in [1.82, 2.24) is 15.0 Å². The van der Waals surface area contributed by atoms with Crippen LogP contribution in [0.3, 0.4) is 0 Å². The van der Waals surface area contributed by atoms with Gasteiger partial charge in [0.05, 0.1) is 12.0 Å². The minimum Gasteiger partial charge on any atom is -0.478 e. The Balaban J connectivity index is 2.26. The first kappa shape index (κ1) is 12.5. The molecule has 0 aliphatic heterocycles. The highest BCUT2D eigenvalue weighted by Crippen LogP contribution is 2.20. The molecule has 0 aromatic carbocycles. The lowest BCUT2D eigenvalue weighted by molar-refractivity contribution is 0.328. The number of pyridine rings is 1. The fourth-order valence-electron chi connectivity index (χ4n) is 1.68. The minimum absolute atomic E-state index is 0.600. The van der Waals surface area contributed by atoms with E-state index in [1.165, 1.54) is 6.33 Å². The van der Waals surface area contributed by atoms with E-state index in [9.17, 15) is 0 Å². The zero-order chi connectivity index (χ0) is 12.8. The highest BCUT2D eigenvalue weighted by atomic mass is 16.5. The van der Waals surface area contributed by atoms with E-state index in [1.54, 1.807) is 0 Å². The van der Waals surface area contributed by atoms with Crippen molar-refractivity contribution >= 4 is 16.9 Å². The lowest BCUT2D eigenvalue weighted by Crippen LogP contribution is -2.04. The third-order valence-electron chi connectivity index (χ3n) is 2.59. The SMILES string of the molecule is CCCCNc1ncnc2nc(OCC)ccc12. The summed E-state index contributed by atoms with van der Waals surface area (Å²) in [7, 11) is 0. The smallest absolute Gasteiger partial charge is 0.215 e. The topological polar surface area (TPSA) is 59.9 Å². The van der Waals surface area contributed by atoms with Gasteiger partial charge in [0, 0.05) is 12.6 Å². The largest absolute Gasteiger partial charge is 0.478 e. The van der Waals surface area contributed by atoms with E-state index in [4.69, 9.17) is 4.74 Å². The maximum atomic E-state index is 5.36. The van der Waals surface area contributed by atoms with Crippen LogP contribution in [0.5, 0.6) is 5.88 Å². The van der Waals surface area contributed by atoms with Crippen LogP contribution in [0.15, 0.2) is 18.5 Å². The number of rotatable bonds is 6. The highest BCUT2D eigenvalue weighted by molar-refractivity contribution is 5.86. The third-order valence-corrected chi connectivity index (χ3v) is 2.59. The van der Waals surface area contributed by atoms with Crippen molar-refractivity contribution in [3.05, 3.63) is 18.5 Å². The lowest BCUT2D eigenvalue weighted by Gasteiger charge is -2.08. The molecule has 0 saturated carbocycles. The molecule has 0 atom stereocenters. The van der Waals surface area contributed by atoms with Crippen molar-refractivity contribution in [2.24, 2.45) is 0 Å². The van der Waals surface area contributed by atoms with Crippen LogP contribution >= 0.6 is 0 Å². The fourth-order valence-corrected chi connectivity index (χ4v) is 1.68. The summed E-state index contributed by atoms with van der Waals surface area (Å²) in [4.78, 5) is 12.8. The maximum Gasteiger partial charge on any atom is 0.215 e. The van der Waals surface area contributed by atoms with Crippen LogP contribution in [0, 0.1) is 0 Å². The zero-order valence-electron chi connectivity index (χ0n) is 10.8. The van der Waals surface area contributed by atoms with E-state index >= 15 is 0 Å². The van der Waals surface area contributed by atoms with Gasteiger partial charge in [-0.15, -0.1) is 0 Å². The predicted octanol–water partition coefficient (Wildman–Crippen LogP) is 2.64. The molecule has 2 rings (SSSR count). The van der Waals surface area contributed by atoms with Crippen molar-refractivity contribution < 1.29 is 4.74 Å². The van der Waals surface area contributed by atoms with Gasteiger partial charge >= 0.3 is 0 Å². The van der Waals surface area contributed by atoms with Crippen molar-refractivity contribution in [2.75, 3.05) is 18.5 Å². The Morgan fingerprint density at radius 2 is 2.11 bits per heavy atom. The van der Waals surface area contributed by atoms with Gasteiger partial charge in [0.25, 0.3) is 0 Å². The monoisotopic (exact) mass is 246 g/mol. The van der Waals surface area contributed by atoms with Crippen molar-refractivity contribution in [1.29, 1.82) is 0 Å². The van der Waals surface area contributed by atoms with Gasteiger partial charge in [-0.2, -0.15) is 4.98 Å². The second-order valence-corrected chi connectivity index (χ2v) is 3.96. The van der Waals surface area contributed by atoms with Crippen LogP contribution in [0.2, 0.25) is 0 Å². The van der Waals surface area contributed by atoms with Gasteiger partial charge in [0.2, 0.25) is 5.88 Å². The summed E-state index contributed by atoms with van der Waals surface area (Å²) in [6, 6.07) is 3.79. The number of aromatic nitrogens is 3. The summed E-state index contributed by atoms with van der Waals surface area (Å²) in [5.41, 5.74) is 0.662. The van der Waals surface area contributed by atoms with Gasteiger partial charge in [-0.05, 0) is 19.4 Å². The molecule has 0 unspecified atom stereocenters. The maximum absolute atomic E-state index is 5.36. The summed E-state index contributed by atoms with van der Waals surface area (Å²) >= 11 is 0. The number of nitrogens with zero attached hydrogens (tertiary/aromatic N) is 3. The van der Waals surface area contributed by atoms with E-state index < -0.39 is 0 Å². The standard InChI is InChI=1S/C13H18N4O/c1-3-5-8-14-12-10-6-7-11(18-4-2)17-13(10)16-9-15-12/h6-7,9H,3-5,8H2,1-2H3,(H,14,15,16,17). The van der Waals surface area contributed by atoms with E-state index in [1.807, 2.05) is 19.1 Å². The molecule has 0 spiro atoms. The minimum atomic E-state index is 0.600. The molecular formula is C13H18N4O. The Hall–Kier alpha value is -1.91. The first-order chi connectivity index (χ1) is 8.85. The summed E-state index contributed by atoms with van der Waals surface area (Å²) < 4.78 is 5.36. The van der Waals surface area contributed by atoms with Crippen LogP contribution in [0.1, 0.15) is 26.7 Å². The predicted molar refractivity (Wildman–Crippen MR) is 71.9 cm³/mol. The highest BCUT2D eigenvalue weighted by Gasteiger charge is 2.05. The normalized spacial score (nSPS) is 10.6. The number of fused-ring (bicyclic) bond motifs is 1. The Morgan fingerprint density at radius 1 is 1.22 bits per heavy atom. The Morgan fingerprint density at radius 3 is 2.89 bits per heavy atom. The molecule has 0 aliphatic carbocycles. The number of hydrogen-bond donors (Lipinski definition) is 1. The average molecular weight is 246 g/mol. The number of hydrogen-bond acceptors (Lipinski definition) is 5. The van der Waals surface area contributed by atoms with Crippen molar-refractivity contribution in [3.8, 4) is 5.88 Å². The Bertz CT molecular complexity index is 515. The summed E-state index contributed by atoms with van der Waals surface area (Å²) in [6.45, 7) is 5.61. The van der Waals surface area contributed by atoms with E-state index in [-0.39, 0.29) is 0 Å². The molecule has 0 bridgehead atoms. The van der Waals surface area contributed by atoms with Gasteiger partial charge in [0.1, 0.15) is 12.1 Å². The van der Waals surface area contributed by atoms with E-state index in [0.29, 0.717) is 18.1 Å². The molecule has 2 aromatic rings. The fraction of sp³-hybridized carbons (Fsp3) is 0.462. The number of unbranched alkanes of at least 4 members (excludes halogenated alkanes) is 1. The van der Waals surface area contributed by atoms with Gasteiger partial charge in [-0.3, -0.25) is 0 Å². The lowest BCUT2D eigenvalue weighted by atomic mass is 10.3. The molecule has 2 aromatic heterocycles. The van der Waals surface area contributed by atoms with Crippen molar-refractivity contribution in [2.45, 2.75) is 26.7 Å². The number of ether oxygens (including phenoxy) is 1. The molecule has 18 heavy (non-hydrogen) atoms. The molecule has 0 saturated heterocycles. The molecule has 0 amide bonds. The molecule has 0 radical (unpaired) electrons. The van der Waals surface area contributed by atoms with Gasteiger partial charge in [0.15, 0.2) is 5.65 Å². The Kier molecular flexibility index (Phi) is 4.28. The molecule has 0 aliphatic rings. The molecular weight excluding hydrogens is 228 g/mol. The zero-order valence-corrected chi connectivity index (χ0v) is 10.8. The second kappa shape index (κ2) is 6.14. The van der Waals surface area contributed by atoms with Crippen LogP contribution in [-0.4, -0.2) is 28.1 Å². The number of anilines is 1. The van der Waals surface area contributed by atoms with Crippen LogP contribution in [-0.2, 0) is 0 Å². The molecule has 5 heteroatoms. The van der Waals surface area contributed by atoms with E-state index in [0.717, 1.165) is 30.6 Å². The molecule has 0 fully saturated rings. The van der Waals surface area contributed by atoms with Crippen molar-refractivity contribution in [3.63, 3.8) is 0 Å². The number of nitrogens with one attached hydrogen (secondary N) is 1. The average Bonchev–Trinajstić information content (AvgIpc) is 2.39. The van der Waals surface area contributed by atoms with Crippen LogP contribution in [0.25, 0.3) is 11.0 Å². The van der Waals surface area contributed by atoms with Crippen LogP contribution < -0.4 is 10.1 Å². The quantitative estimate of drug-likeness (QED) is 0.794. The molecule has 2 heterocycles. The molecule has 96 valence electrons. The summed E-state index contributed by atoms with van der Waals surface area (Å²) in [6.07, 6.45) is 3.80. The molecule has 1 N–H and O–H groups in total.